The fraction of sp³-hybridized carbons (Fsp3) is 0.714. The molecule has 1 aromatic rings. The van der Waals surface area contributed by atoms with Gasteiger partial charge in [0, 0.05) is 12.6 Å². The number of anilines is 1. The second kappa shape index (κ2) is 5.67. The number of hydrogen-bond acceptors (Lipinski definition) is 5. The van der Waals surface area contributed by atoms with E-state index in [1.165, 1.54) is 25.7 Å². The fourth-order valence-corrected chi connectivity index (χ4v) is 3.56. The van der Waals surface area contributed by atoms with Crippen LogP contribution in [-0.4, -0.2) is 34.7 Å². The highest BCUT2D eigenvalue weighted by Gasteiger charge is 2.39. The average molecular weight is 279 g/mol. The van der Waals surface area contributed by atoms with E-state index in [-0.39, 0.29) is 5.60 Å². The van der Waals surface area contributed by atoms with Crippen LogP contribution in [0.15, 0.2) is 17.2 Å². The van der Waals surface area contributed by atoms with Gasteiger partial charge in [-0.2, -0.15) is 0 Å². The first-order valence-corrected chi connectivity index (χ1v) is 8.30. The molecule has 1 spiro atoms. The van der Waals surface area contributed by atoms with Gasteiger partial charge in [-0.3, -0.25) is 0 Å². The van der Waals surface area contributed by atoms with Crippen molar-refractivity contribution in [2.24, 2.45) is 0 Å². The van der Waals surface area contributed by atoms with Gasteiger partial charge in [0.05, 0.1) is 5.60 Å². The van der Waals surface area contributed by atoms with Gasteiger partial charge in [0.15, 0.2) is 0 Å². The maximum atomic E-state index is 6.05. The molecule has 5 heteroatoms. The largest absolute Gasteiger partial charge is 0.375 e. The lowest BCUT2D eigenvalue weighted by Gasteiger charge is -2.38. The molecule has 0 amide bonds. The number of hydrogen-bond donors (Lipinski definition) is 1. The van der Waals surface area contributed by atoms with Crippen LogP contribution in [0.2, 0.25) is 0 Å². The lowest BCUT2D eigenvalue weighted by Crippen LogP contribution is -2.42. The van der Waals surface area contributed by atoms with Gasteiger partial charge in [-0.1, -0.05) is 12.8 Å². The smallest absolute Gasteiger partial charge is 0.148 e. The van der Waals surface area contributed by atoms with E-state index in [0.717, 1.165) is 30.3 Å². The predicted molar refractivity (Wildman–Crippen MR) is 77.6 cm³/mol. The van der Waals surface area contributed by atoms with Gasteiger partial charge in [-0.15, -0.1) is 22.0 Å². The highest BCUT2D eigenvalue weighted by atomic mass is 32.2. The van der Waals surface area contributed by atoms with Gasteiger partial charge in [0.2, 0.25) is 0 Å². The van der Waals surface area contributed by atoms with Crippen molar-refractivity contribution < 1.29 is 4.74 Å². The summed E-state index contributed by atoms with van der Waals surface area (Å²) in [5.41, 5.74) is 0.155. The molecule has 1 unspecified atom stereocenters. The first-order chi connectivity index (χ1) is 9.30. The zero-order chi connectivity index (χ0) is 13.1. The van der Waals surface area contributed by atoms with Crippen LogP contribution in [0.25, 0.3) is 0 Å². The second-order valence-corrected chi connectivity index (χ2v) is 6.36. The molecule has 1 aliphatic heterocycles. The molecule has 0 radical (unpaired) electrons. The Kier molecular flexibility index (Phi) is 3.93. The molecule has 2 fully saturated rings. The van der Waals surface area contributed by atoms with E-state index in [9.17, 15) is 0 Å². The van der Waals surface area contributed by atoms with Gasteiger partial charge >= 0.3 is 0 Å². The van der Waals surface area contributed by atoms with E-state index in [1.54, 1.807) is 11.8 Å². The SMILES string of the molecule is CSc1ccc(NC2CCOC3(CCCC3)C2)nn1. The van der Waals surface area contributed by atoms with Crippen LogP contribution in [-0.2, 0) is 4.74 Å². The summed E-state index contributed by atoms with van der Waals surface area (Å²) in [7, 11) is 0. The van der Waals surface area contributed by atoms with Crippen LogP contribution < -0.4 is 5.32 Å². The van der Waals surface area contributed by atoms with E-state index in [2.05, 4.69) is 15.5 Å². The summed E-state index contributed by atoms with van der Waals surface area (Å²) in [6.45, 7) is 0.869. The lowest BCUT2D eigenvalue weighted by molar-refractivity contribution is -0.0767. The molecule has 0 aromatic carbocycles. The molecule has 2 heterocycles. The topological polar surface area (TPSA) is 47.0 Å². The maximum absolute atomic E-state index is 6.05. The number of ether oxygens (including phenoxy) is 1. The quantitative estimate of drug-likeness (QED) is 0.861. The monoisotopic (exact) mass is 279 g/mol. The summed E-state index contributed by atoms with van der Waals surface area (Å²) in [6, 6.07) is 4.52. The summed E-state index contributed by atoms with van der Waals surface area (Å²) >= 11 is 1.62. The highest BCUT2D eigenvalue weighted by Crippen LogP contribution is 2.40. The Morgan fingerprint density at radius 2 is 2.16 bits per heavy atom. The summed E-state index contributed by atoms with van der Waals surface area (Å²) in [6.07, 6.45) is 9.26. The minimum Gasteiger partial charge on any atom is -0.375 e. The highest BCUT2D eigenvalue weighted by molar-refractivity contribution is 7.98. The fourth-order valence-electron chi connectivity index (χ4n) is 3.23. The third-order valence-corrected chi connectivity index (χ3v) is 4.84. The Morgan fingerprint density at radius 3 is 2.84 bits per heavy atom. The zero-order valence-corrected chi connectivity index (χ0v) is 12.2. The molecule has 0 bridgehead atoms. The molecule has 1 saturated heterocycles. The predicted octanol–water partition coefficient (Wildman–Crippen LogP) is 3.10. The van der Waals surface area contributed by atoms with Crippen molar-refractivity contribution in [3.05, 3.63) is 12.1 Å². The molecule has 19 heavy (non-hydrogen) atoms. The molecule has 1 N–H and O–H groups in total. The number of aromatic nitrogens is 2. The Bertz CT molecular complexity index is 417. The summed E-state index contributed by atoms with van der Waals surface area (Å²) in [5.74, 6) is 0.887. The van der Waals surface area contributed by atoms with Crippen LogP contribution in [0.5, 0.6) is 0 Å². The molecule has 1 aromatic heterocycles. The molecule has 1 atom stereocenters. The minimum atomic E-state index is 0.155. The molecule has 2 aliphatic rings. The molecular formula is C14H21N3OS. The van der Waals surface area contributed by atoms with Gasteiger partial charge in [0.25, 0.3) is 0 Å². The number of nitrogens with zero attached hydrogens (tertiary/aromatic N) is 2. The van der Waals surface area contributed by atoms with Crippen molar-refractivity contribution in [3.63, 3.8) is 0 Å². The number of rotatable bonds is 3. The van der Waals surface area contributed by atoms with Gasteiger partial charge in [0.1, 0.15) is 10.8 Å². The van der Waals surface area contributed by atoms with E-state index < -0.39 is 0 Å². The van der Waals surface area contributed by atoms with E-state index in [4.69, 9.17) is 4.74 Å². The molecule has 104 valence electrons. The van der Waals surface area contributed by atoms with Crippen LogP contribution in [0, 0.1) is 0 Å². The van der Waals surface area contributed by atoms with E-state index in [1.807, 2.05) is 18.4 Å². The molecule has 1 aliphatic carbocycles. The van der Waals surface area contributed by atoms with Crippen molar-refractivity contribution in [2.45, 2.75) is 55.2 Å². The van der Waals surface area contributed by atoms with Crippen molar-refractivity contribution in [1.29, 1.82) is 0 Å². The standard InChI is InChI=1S/C14H21N3OS/c1-19-13-5-4-12(16-17-13)15-11-6-9-18-14(10-11)7-2-3-8-14/h4-5,11H,2-3,6-10H2,1H3,(H,15,16). The van der Waals surface area contributed by atoms with Crippen LogP contribution in [0.4, 0.5) is 5.82 Å². The van der Waals surface area contributed by atoms with E-state index >= 15 is 0 Å². The van der Waals surface area contributed by atoms with Crippen LogP contribution >= 0.6 is 11.8 Å². The van der Waals surface area contributed by atoms with Crippen molar-refractivity contribution >= 4 is 17.6 Å². The summed E-state index contributed by atoms with van der Waals surface area (Å²) in [5, 5.41) is 12.9. The minimum absolute atomic E-state index is 0.155. The van der Waals surface area contributed by atoms with Crippen molar-refractivity contribution in [1.82, 2.24) is 10.2 Å². The third kappa shape index (κ3) is 3.03. The Morgan fingerprint density at radius 1 is 1.32 bits per heavy atom. The molecule has 1 saturated carbocycles. The normalized spacial score (nSPS) is 25.6. The molecule has 3 rings (SSSR count). The second-order valence-electron chi connectivity index (χ2n) is 5.53. The number of thioether (sulfide) groups is 1. The van der Waals surface area contributed by atoms with Gasteiger partial charge < -0.3 is 10.1 Å². The Balaban J connectivity index is 1.62. The van der Waals surface area contributed by atoms with Crippen molar-refractivity contribution in [3.8, 4) is 0 Å². The van der Waals surface area contributed by atoms with Gasteiger partial charge in [-0.25, -0.2) is 0 Å². The van der Waals surface area contributed by atoms with Crippen LogP contribution in [0.1, 0.15) is 38.5 Å². The third-order valence-electron chi connectivity index (χ3n) is 4.21. The van der Waals surface area contributed by atoms with E-state index in [0.29, 0.717) is 6.04 Å². The average Bonchev–Trinajstić information content (AvgIpc) is 2.88. The molecule has 4 nitrogen and oxygen atoms in total. The first kappa shape index (κ1) is 13.2. The molecular weight excluding hydrogens is 258 g/mol. The van der Waals surface area contributed by atoms with Gasteiger partial charge in [-0.05, 0) is 44.1 Å². The summed E-state index contributed by atoms with van der Waals surface area (Å²) in [4.78, 5) is 0. The van der Waals surface area contributed by atoms with Crippen molar-refractivity contribution in [2.75, 3.05) is 18.2 Å². The zero-order valence-electron chi connectivity index (χ0n) is 11.4. The Hall–Kier alpha value is -0.810. The maximum Gasteiger partial charge on any atom is 0.148 e. The Labute approximate surface area is 118 Å². The number of nitrogens with one attached hydrogen (secondary N) is 1. The first-order valence-electron chi connectivity index (χ1n) is 7.08. The lowest BCUT2D eigenvalue weighted by atomic mass is 9.89. The van der Waals surface area contributed by atoms with Crippen LogP contribution in [0.3, 0.4) is 0 Å². The summed E-state index contributed by atoms with van der Waals surface area (Å²) < 4.78 is 6.05.